The Morgan fingerprint density at radius 1 is 1.35 bits per heavy atom. The standard InChI is InChI=1S/C16H22N4O3/c1-16(2,3)23-15(22)19-8-5-11(6-9-19)12-10-14(21)20-13(18-12)4-7-17-20/h4,7,10-11,21H,5-6,8-9H2,1-3H3. The minimum absolute atomic E-state index is 0.0876. The lowest BCUT2D eigenvalue weighted by molar-refractivity contribution is 0.0204. The van der Waals surface area contributed by atoms with E-state index < -0.39 is 5.60 Å². The maximum atomic E-state index is 12.1. The van der Waals surface area contributed by atoms with Crippen molar-refractivity contribution in [2.75, 3.05) is 13.1 Å². The SMILES string of the molecule is CC(C)(C)OC(=O)N1CCC(c2cc(O)n3nccc3n2)CC1. The summed E-state index contributed by atoms with van der Waals surface area (Å²) in [7, 11) is 0. The van der Waals surface area contributed by atoms with Crippen molar-refractivity contribution in [2.45, 2.75) is 45.1 Å². The number of aromatic hydroxyl groups is 1. The molecule has 0 radical (unpaired) electrons. The quantitative estimate of drug-likeness (QED) is 0.874. The van der Waals surface area contributed by atoms with Crippen LogP contribution in [-0.4, -0.2) is 49.4 Å². The van der Waals surface area contributed by atoms with Crippen molar-refractivity contribution in [1.29, 1.82) is 0 Å². The minimum Gasteiger partial charge on any atom is -0.493 e. The second kappa shape index (κ2) is 5.72. The van der Waals surface area contributed by atoms with Gasteiger partial charge in [-0.25, -0.2) is 9.78 Å². The van der Waals surface area contributed by atoms with Crippen molar-refractivity contribution in [2.24, 2.45) is 0 Å². The Morgan fingerprint density at radius 3 is 2.70 bits per heavy atom. The van der Waals surface area contributed by atoms with E-state index in [1.54, 1.807) is 23.2 Å². The molecule has 0 atom stereocenters. The Labute approximate surface area is 134 Å². The van der Waals surface area contributed by atoms with Crippen molar-refractivity contribution >= 4 is 11.7 Å². The molecule has 3 rings (SSSR count). The normalized spacial score (nSPS) is 16.7. The number of carbonyl (C=O) groups is 1. The van der Waals surface area contributed by atoms with Crippen LogP contribution in [0, 0.1) is 0 Å². The highest BCUT2D eigenvalue weighted by Crippen LogP contribution is 2.29. The molecule has 7 nitrogen and oxygen atoms in total. The number of amides is 1. The van der Waals surface area contributed by atoms with E-state index in [4.69, 9.17) is 4.74 Å². The zero-order valence-corrected chi connectivity index (χ0v) is 13.7. The Balaban J connectivity index is 1.67. The van der Waals surface area contributed by atoms with Crippen molar-refractivity contribution in [3.63, 3.8) is 0 Å². The van der Waals surface area contributed by atoms with E-state index in [1.165, 1.54) is 4.52 Å². The summed E-state index contributed by atoms with van der Waals surface area (Å²) in [4.78, 5) is 18.4. The van der Waals surface area contributed by atoms with E-state index >= 15 is 0 Å². The molecular weight excluding hydrogens is 296 g/mol. The predicted octanol–water partition coefficient (Wildman–Crippen LogP) is 2.55. The lowest BCUT2D eigenvalue weighted by atomic mass is 9.93. The molecule has 3 heterocycles. The maximum Gasteiger partial charge on any atom is 0.410 e. The Hall–Kier alpha value is -2.31. The molecule has 7 heteroatoms. The first-order valence-electron chi connectivity index (χ1n) is 7.85. The molecule has 0 bridgehead atoms. The fourth-order valence-electron chi connectivity index (χ4n) is 2.81. The van der Waals surface area contributed by atoms with Gasteiger partial charge in [0.1, 0.15) is 5.60 Å². The molecule has 0 unspecified atom stereocenters. The second-order valence-corrected chi connectivity index (χ2v) is 6.88. The summed E-state index contributed by atoms with van der Waals surface area (Å²) in [6.07, 6.45) is 2.95. The number of nitrogens with zero attached hydrogens (tertiary/aromatic N) is 4. The summed E-state index contributed by atoms with van der Waals surface area (Å²) in [5, 5.41) is 14.0. The number of hydrogen-bond acceptors (Lipinski definition) is 5. The first-order valence-corrected chi connectivity index (χ1v) is 7.85. The fraction of sp³-hybridized carbons (Fsp3) is 0.562. The van der Waals surface area contributed by atoms with Gasteiger partial charge in [-0.2, -0.15) is 9.61 Å². The molecule has 0 spiro atoms. The first kappa shape index (κ1) is 15.6. The van der Waals surface area contributed by atoms with Crippen molar-refractivity contribution in [3.8, 4) is 5.88 Å². The number of hydrogen-bond donors (Lipinski definition) is 1. The number of fused-ring (bicyclic) bond motifs is 1. The molecular formula is C16H22N4O3. The highest BCUT2D eigenvalue weighted by atomic mass is 16.6. The first-order chi connectivity index (χ1) is 10.8. The van der Waals surface area contributed by atoms with E-state index in [9.17, 15) is 9.90 Å². The monoisotopic (exact) mass is 318 g/mol. The van der Waals surface area contributed by atoms with Gasteiger partial charge in [-0.3, -0.25) is 0 Å². The van der Waals surface area contributed by atoms with Gasteiger partial charge in [0.05, 0.1) is 11.9 Å². The van der Waals surface area contributed by atoms with Gasteiger partial charge in [0, 0.05) is 31.1 Å². The van der Waals surface area contributed by atoms with Gasteiger partial charge in [0.25, 0.3) is 0 Å². The summed E-state index contributed by atoms with van der Waals surface area (Å²) >= 11 is 0. The van der Waals surface area contributed by atoms with Crippen LogP contribution >= 0.6 is 0 Å². The lowest BCUT2D eigenvalue weighted by Gasteiger charge is -2.33. The molecule has 1 aliphatic heterocycles. The van der Waals surface area contributed by atoms with Crippen LogP contribution in [0.5, 0.6) is 5.88 Å². The molecule has 124 valence electrons. The van der Waals surface area contributed by atoms with E-state index in [1.807, 2.05) is 20.8 Å². The zero-order valence-electron chi connectivity index (χ0n) is 13.7. The number of carbonyl (C=O) groups excluding carboxylic acids is 1. The largest absolute Gasteiger partial charge is 0.493 e. The zero-order chi connectivity index (χ0) is 16.6. The molecule has 1 aliphatic rings. The van der Waals surface area contributed by atoms with Crippen LogP contribution in [0.1, 0.15) is 45.2 Å². The Kier molecular flexibility index (Phi) is 3.87. The van der Waals surface area contributed by atoms with E-state index in [0.717, 1.165) is 18.5 Å². The molecule has 23 heavy (non-hydrogen) atoms. The Morgan fingerprint density at radius 2 is 2.04 bits per heavy atom. The number of rotatable bonds is 1. The van der Waals surface area contributed by atoms with Crippen molar-refractivity contribution < 1.29 is 14.6 Å². The average Bonchev–Trinajstić information content (AvgIpc) is 2.94. The highest BCUT2D eigenvalue weighted by molar-refractivity contribution is 5.68. The fourth-order valence-corrected chi connectivity index (χ4v) is 2.81. The molecule has 2 aromatic rings. The third kappa shape index (κ3) is 3.38. The number of piperidine rings is 1. The summed E-state index contributed by atoms with van der Waals surface area (Å²) in [6.45, 7) is 6.86. The molecule has 1 saturated heterocycles. The number of likely N-dealkylation sites (tertiary alicyclic amines) is 1. The highest BCUT2D eigenvalue weighted by Gasteiger charge is 2.28. The minimum atomic E-state index is -0.478. The van der Waals surface area contributed by atoms with Crippen LogP contribution in [0.25, 0.3) is 5.65 Å². The van der Waals surface area contributed by atoms with Crippen LogP contribution in [-0.2, 0) is 4.74 Å². The molecule has 2 aromatic heterocycles. The number of ether oxygens (including phenoxy) is 1. The van der Waals surface area contributed by atoms with Crippen LogP contribution in [0.15, 0.2) is 18.3 Å². The van der Waals surface area contributed by atoms with Gasteiger partial charge < -0.3 is 14.7 Å². The third-order valence-electron chi connectivity index (χ3n) is 3.93. The molecule has 1 fully saturated rings. The molecule has 0 aliphatic carbocycles. The van der Waals surface area contributed by atoms with Gasteiger partial charge in [-0.05, 0) is 33.6 Å². The smallest absolute Gasteiger partial charge is 0.410 e. The summed E-state index contributed by atoms with van der Waals surface area (Å²) in [5.74, 6) is 0.309. The average molecular weight is 318 g/mol. The summed E-state index contributed by atoms with van der Waals surface area (Å²) in [6, 6.07) is 3.42. The summed E-state index contributed by atoms with van der Waals surface area (Å²) in [5.41, 5.74) is 1.00. The van der Waals surface area contributed by atoms with E-state index in [0.29, 0.717) is 18.7 Å². The third-order valence-corrected chi connectivity index (χ3v) is 3.93. The molecule has 0 aromatic carbocycles. The predicted molar refractivity (Wildman–Crippen MR) is 84.4 cm³/mol. The molecule has 1 N–H and O–H groups in total. The van der Waals surface area contributed by atoms with Gasteiger partial charge in [-0.15, -0.1) is 0 Å². The van der Waals surface area contributed by atoms with E-state index in [-0.39, 0.29) is 17.9 Å². The van der Waals surface area contributed by atoms with Crippen molar-refractivity contribution in [3.05, 3.63) is 24.0 Å². The van der Waals surface area contributed by atoms with Crippen LogP contribution in [0.2, 0.25) is 0 Å². The van der Waals surface area contributed by atoms with Crippen LogP contribution < -0.4 is 0 Å². The molecule has 1 amide bonds. The van der Waals surface area contributed by atoms with Gasteiger partial charge in [-0.1, -0.05) is 0 Å². The van der Waals surface area contributed by atoms with Gasteiger partial charge in [0.15, 0.2) is 5.65 Å². The van der Waals surface area contributed by atoms with Crippen LogP contribution in [0.4, 0.5) is 4.79 Å². The lowest BCUT2D eigenvalue weighted by Crippen LogP contribution is -2.41. The maximum absolute atomic E-state index is 12.1. The topological polar surface area (TPSA) is 80.0 Å². The van der Waals surface area contributed by atoms with Gasteiger partial charge in [0.2, 0.25) is 5.88 Å². The summed E-state index contributed by atoms with van der Waals surface area (Å²) < 4.78 is 6.81. The molecule has 0 saturated carbocycles. The van der Waals surface area contributed by atoms with Gasteiger partial charge >= 0.3 is 6.09 Å². The van der Waals surface area contributed by atoms with E-state index in [2.05, 4.69) is 10.1 Å². The van der Waals surface area contributed by atoms with Crippen LogP contribution in [0.3, 0.4) is 0 Å². The second-order valence-electron chi connectivity index (χ2n) is 6.88. The number of aromatic nitrogens is 3. The Bertz CT molecular complexity index is 712. The van der Waals surface area contributed by atoms with Crippen molar-refractivity contribution in [1.82, 2.24) is 19.5 Å².